The Morgan fingerprint density at radius 2 is 1.61 bits per heavy atom. The predicted octanol–water partition coefficient (Wildman–Crippen LogP) is 4.96. The van der Waals surface area contributed by atoms with Crippen molar-refractivity contribution in [2.24, 2.45) is 22.7 Å². The number of hydrogen-bond acceptors (Lipinski definition) is 5. The molecule has 0 aromatic carbocycles. The molecule has 5 heteroatoms. The fourth-order valence-corrected chi connectivity index (χ4v) is 7.21. The third kappa shape index (κ3) is 3.51. The number of methoxy groups -OCH3 is 2. The maximum atomic E-state index is 10.6. The Hall–Kier alpha value is -1.82. The highest BCUT2D eigenvalue weighted by molar-refractivity contribution is 5.45. The molecular weight excluding hydrogens is 386 g/mol. The molecule has 2 unspecified atom stereocenters. The summed E-state index contributed by atoms with van der Waals surface area (Å²) in [5.74, 6) is 0.255. The molecule has 0 bridgehead atoms. The lowest BCUT2D eigenvalue weighted by Gasteiger charge is -2.45. The van der Waals surface area contributed by atoms with Gasteiger partial charge >= 0.3 is 0 Å². The Morgan fingerprint density at radius 3 is 2.16 bits per heavy atom. The molecule has 0 amide bonds. The third-order valence-electron chi connectivity index (χ3n) is 8.35. The van der Waals surface area contributed by atoms with Gasteiger partial charge in [0, 0.05) is 32.4 Å². The standard InChI is InChI=1S/C26H37N3O2/c1-25(2,3)23-22(18-12-19(30-4)14-20(13-18)31-5)29-11-10-17-8-6-7-9-21(17)24(29)26(23,15-27)16-28/h10-11,18-20,22-24H,6-9,12-14H2,1-5H3/t18?,19?,20?,22-,23+,24-/m1/s1. The van der Waals surface area contributed by atoms with Crippen molar-refractivity contribution in [2.75, 3.05) is 14.2 Å². The van der Waals surface area contributed by atoms with Crippen LogP contribution >= 0.6 is 0 Å². The van der Waals surface area contributed by atoms with E-state index in [1.54, 1.807) is 14.2 Å². The van der Waals surface area contributed by atoms with Gasteiger partial charge in [0.1, 0.15) is 0 Å². The molecule has 2 heterocycles. The summed E-state index contributed by atoms with van der Waals surface area (Å²) in [6, 6.07) is 5.18. The van der Waals surface area contributed by atoms with Crippen LogP contribution in [0.2, 0.25) is 0 Å². The van der Waals surface area contributed by atoms with Crippen LogP contribution in [0.1, 0.15) is 65.7 Å². The zero-order chi connectivity index (χ0) is 22.4. The molecule has 1 saturated heterocycles. The van der Waals surface area contributed by atoms with Crippen LogP contribution in [0.5, 0.6) is 0 Å². The van der Waals surface area contributed by atoms with Crippen molar-refractivity contribution in [1.82, 2.24) is 4.90 Å². The minimum atomic E-state index is -1.05. The molecule has 31 heavy (non-hydrogen) atoms. The number of allylic oxidation sites excluding steroid dienone is 2. The fraction of sp³-hybridized carbons (Fsp3) is 0.769. The summed E-state index contributed by atoms with van der Waals surface area (Å²) in [5.41, 5.74) is 1.48. The summed E-state index contributed by atoms with van der Waals surface area (Å²) in [6.45, 7) is 6.62. The Kier molecular flexibility index (Phi) is 5.97. The minimum Gasteiger partial charge on any atom is -0.381 e. The van der Waals surface area contributed by atoms with Crippen molar-refractivity contribution in [2.45, 2.75) is 90.0 Å². The summed E-state index contributed by atoms with van der Waals surface area (Å²) >= 11 is 0. The highest BCUT2D eigenvalue weighted by atomic mass is 16.5. The molecule has 5 atom stereocenters. The summed E-state index contributed by atoms with van der Waals surface area (Å²) in [4.78, 5) is 2.42. The van der Waals surface area contributed by atoms with Crippen molar-refractivity contribution in [3.63, 3.8) is 0 Å². The van der Waals surface area contributed by atoms with Gasteiger partial charge in [0.2, 0.25) is 0 Å². The van der Waals surface area contributed by atoms with Crippen LogP contribution in [0, 0.1) is 45.3 Å². The SMILES string of the molecule is COC1CC(OC)CC([C@@H]2[C@@H](C(C)(C)C)C(C#N)(C#N)[C@H]3C4=C(C=CN23)CCCC4)C1. The molecule has 2 fully saturated rings. The first-order chi connectivity index (χ1) is 14.8. The van der Waals surface area contributed by atoms with E-state index in [0.717, 1.165) is 38.5 Å². The first-order valence-electron chi connectivity index (χ1n) is 11.9. The zero-order valence-electron chi connectivity index (χ0n) is 19.7. The van der Waals surface area contributed by atoms with E-state index in [4.69, 9.17) is 9.47 Å². The van der Waals surface area contributed by atoms with Crippen LogP contribution in [0.3, 0.4) is 0 Å². The predicted molar refractivity (Wildman–Crippen MR) is 120 cm³/mol. The van der Waals surface area contributed by atoms with E-state index in [-0.39, 0.29) is 35.6 Å². The second-order valence-corrected chi connectivity index (χ2v) is 11.0. The summed E-state index contributed by atoms with van der Waals surface area (Å²) in [7, 11) is 3.57. The van der Waals surface area contributed by atoms with Crippen LogP contribution in [0.4, 0.5) is 0 Å². The molecule has 1 saturated carbocycles. The number of fused-ring (bicyclic) bond motifs is 2. The second kappa shape index (κ2) is 8.27. The van der Waals surface area contributed by atoms with Gasteiger partial charge < -0.3 is 14.4 Å². The zero-order valence-corrected chi connectivity index (χ0v) is 19.7. The number of nitrogens with zero attached hydrogens (tertiary/aromatic N) is 3. The van der Waals surface area contributed by atoms with Gasteiger partial charge in [-0.1, -0.05) is 20.8 Å². The number of nitriles is 2. The quantitative estimate of drug-likeness (QED) is 0.641. The molecule has 0 spiro atoms. The lowest BCUT2D eigenvalue weighted by Crippen LogP contribution is -2.48. The largest absolute Gasteiger partial charge is 0.381 e. The molecule has 4 rings (SSSR count). The van der Waals surface area contributed by atoms with Crippen molar-refractivity contribution in [3.05, 3.63) is 23.4 Å². The van der Waals surface area contributed by atoms with Crippen LogP contribution in [0.15, 0.2) is 23.4 Å². The average molecular weight is 424 g/mol. The van der Waals surface area contributed by atoms with Gasteiger partial charge in [-0.3, -0.25) is 0 Å². The normalized spacial score (nSPS) is 37.1. The van der Waals surface area contributed by atoms with Crippen molar-refractivity contribution >= 4 is 0 Å². The first kappa shape index (κ1) is 22.4. The van der Waals surface area contributed by atoms with Gasteiger partial charge in [-0.2, -0.15) is 10.5 Å². The smallest absolute Gasteiger partial charge is 0.172 e. The molecule has 2 aliphatic carbocycles. The fourth-order valence-electron chi connectivity index (χ4n) is 7.21. The van der Waals surface area contributed by atoms with E-state index >= 15 is 0 Å². The Bertz CT molecular complexity index is 814. The van der Waals surface area contributed by atoms with Gasteiger partial charge in [-0.25, -0.2) is 0 Å². The number of rotatable bonds is 3. The van der Waals surface area contributed by atoms with Crippen LogP contribution < -0.4 is 0 Å². The van der Waals surface area contributed by atoms with Gasteiger partial charge in [0.25, 0.3) is 0 Å². The van der Waals surface area contributed by atoms with Gasteiger partial charge in [0.15, 0.2) is 5.41 Å². The molecule has 168 valence electrons. The average Bonchev–Trinajstić information content (AvgIpc) is 3.10. The van der Waals surface area contributed by atoms with Crippen LogP contribution in [-0.4, -0.2) is 43.4 Å². The molecule has 0 N–H and O–H groups in total. The summed E-state index contributed by atoms with van der Waals surface area (Å²) < 4.78 is 11.6. The van der Waals surface area contributed by atoms with Gasteiger partial charge in [0.05, 0.1) is 30.4 Å². The lowest BCUT2D eigenvalue weighted by molar-refractivity contribution is -0.0514. The van der Waals surface area contributed by atoms with Gasteiger partial charge in [-0.05, 0) is 73.5 Å². The van der Waals surface area contributed by atoms with E-state index < -0.39 is 5.41 Å². The Labute approximate surface area is 187 Å². The number of hydrogen-bond donors (Lipinski definition) is 0. The van der Waals surface area contributed by atoms with E-state index in [9.17, 15) is 10.5 Å². The topological polar surface area (TPSA) is 69.3 Å². The molecule has 0 aromatic heterocycles. The summed E-state index contributed by atoms with van der Waals surface area (Å²) in [6.07, 6.45) is 12.0. The first-order valence-corrected chi connectivity index (χ1v) is 11.9. The Balaban J connectivity index is 1.85. The van der Waals surface area contributed by atoms with E-state index in [0.29, 0.717) is 5.92 Å². The van der Waals surface area contributed by atoms with E-state index in [1.165, 1.54) is 17.6 Å². The maximum absolute atomic E-state index is 10.6. The molecule has 4 aliphatic rings. The molecular formula is C26H37N3O2. The molecule has 0 aromatic rings. The van der Waals surface area contributed by atoms with Crippen molar-refractivity contribution in [1.29, 1.82) is 10.5 Å². The monoisotopic (exact) mass is 423 g/mol. The van der Waals surface area contributed by atoms with Crippen LogP contribution in [0.25, 0.3) is 0 Å². The summed E-state index contributed by atoms with van der Waals surface area (Å²) in [5, 5.41) is 21.2. The molecule has 2 aliphatic heterocycles. The number of ether oxygens (including phenoxy) is 2. The lowest BCUT2D eigenvalue weighted by atomic mass is 9.58. The van der Waals surface area contributed by atoms with Gasteiger partial charge in [-0.15, -0.1) is 0 Å². The Morgan fingerprint density at radius 1 is 1.00 bits per heavy atom. The van der Waals surface area contributed by atoms with Crippen molar-refractivity contribution < 1.29 is 9.47 Å². The molecule has 5 nitrogen and oxygen atoms in total. The van der Waals surface area contributed by atoms with Crippen molar-refractivity contribution in [3.8, 4) is 12.1 Å². The maximum Gasteiger partial charge on any atom is 0.172 e. The highest BCUT2D eigenvalue weighted by Gasteiger charge is 2.66. The highest BCUT2D eigenvalue weighted by Crippen LogP contribution is 2.60. The van der Waals surface area contributed by atoms with E-state index in [1.807, 2.05) is 0 Å². The second-order valence-electron chi connectivity index (χ2n) is 11.0. The molecule has 0 radical (unpaired) electrons. The van der Waals surface area contributed by atoms with Crippen LogP contribution in [-0.2, 0) is 9.47 Å². The van der Waals surface area contributed by atoms with E-state index in [2.05, 4.69) is 50.1 Å². The minimum absolute atomic E-state index is 0.0588. The third-order valence-corrected chi connectivity index (χ3v) is 8.35.